The molecule has 0 amide bonds. The average Bonchev–Trinajstić information content (AvgIpc) is 2.77. The van der Waals surface area contributed by atoms with E-state index in [1.807, 2.05) is 48.5 Å². The van der Waals surface area contributed by atoms with Gasteiger partial charge < -0.3 is 5.11 Å². The molecule has 0 aliphatic rings. The minimum absolute atomic E-state index is 0.675. The molecule has 33 heavy (non-hydrogen) atoms. The number of sulfone groups is 1. The molecule has 0 saturated carbocycles. The van der Waals surface area contributed by atoms with Crippen LogP contribution < -0.4 is 0 Å². The highest BCUT2D eigenvalue weighted by Crippen LogP contribution is 2.38. The van der Waals surface area contributed by atoms with Gasteiger partial charge in [-0.15, -0.1) is 0 Å². The molecule has 0 aliphatic heterocycles. The van der Waals surface area contributed by atoms with Gasteiger partial charge in [-0.25, -0.2) is 8.42 Å². The molecule has 5 nitrogen and oxygen atoms in total. The lowest BCUT2D eigenvalue weighted by Gasteiger charge is -2.25. The van der Waals surface area contributed by atoms with E-state index in [9.17, 15) is 13.5 Å². The molecule has 2 heterocycles. The summed E-state index contributed by atoms with van der Waals surface area (Å²) in [5, 5.41) is 11.3. The highest BCUT2D eigenvalue weighted by atomic mass is 32.2. The summed E-state index contributed by atoms with van der Waals surface area (Å²) < 4.78 is 24.2. The van der Waals surface area contributed by atoms with E-state index in [0.717, 1.165) is 33.2 Å². The summed E-state index contributed by atoms with van der Waals surface area (Å²) in [6.45, 7) is 6.91. The highest BCUT2D eigenvalue weighted by molar-refractivity contribution is 7.91. The number of nitrogens with zero attached hydrogens (tertiary/aromatic N) is 2. The molecular weight excluding hydrogens is 432 g/mol. The standard InChI is InChI=1S/C27H28N2O3S/c1-26(2,30)23-14-22(16-28-17-23)19-9-6-8-18(12-19)21-13-20-10-7-11-29-25(20)24(15-21)27(3,4)33(5,31)32/h6-17,30H,1-5H3. The van der Waals surface area contributed by atoms with Crippen molar-refractivity contribution in [3.05, 3.63) is 84.3 Å². The predicted octanol–water partition coefficient (Wildman–Crippen LogP) is 5.47. The first-order valence-corrected chi connectivity index (χ1v) is 12.6. The molecule has 4 aromatic rings. The van der Waals surface area contributed by atoms with E-state index in [4.69, 9.17) is 0 Å². The number of rotatable bonds is 5. The van der Waals surface area contributed by atoms with Crippen molar-refractivity contribution in [3.63, 3.8) is 0 Å². The Balaban J connectivity index is 1.90. The van der Waals surface area contributed by atoms with Gasteiger partial charge in [0.1, 0.15) is 0 Å². The lowest BCUT2D eigenvalue weighted by molar-refractivity contribution is 0.0783. The first-order chi connectivity index (χ1) is 15.4. The van der Waals surface area contributed by atoms with Gasteiger partial charge in [0.25, 0.3) is 0 Å². The summed E-state index contributed by atoms with van der Waals surface area (Å²) in [6, 6.07) is 17.7. The van der Waals surface area contributed by atoms with E-state index in [1.54, 1.807) is 46.3 Å². The Kier molecular flexibility index (Phi) is 5.63. The lowest BCUT2D eigenvalue weighted by Crippen LogP contribution is -2.28. The van der Waals surface area contributed by atoms with Crippen LogP contribution in [0.15, 0.2) is 73.2 Å². The Labute approximate surface area is 195 Å². The smallest absolute Gasteiger partial charge is 0.156 e. The van der Waals surface area contributed by atoms with Crippen molar-refractivity contribution >= 4 is 20.7 Å². The van der Waals surface area contributed by atoms with E-state index in [0.29, 0.717) is 11.1 Å². The Hall–Kier alpha value is -3.09. The fraction of sp³-hybridized carbons (Fsp3) is 0.259. The summed E-state index contributed by atoms with van der Waals surface area (Å²) >= 11 is 0. The van der Waals surface area contributed by atoms with Gasteiger partial charge >= 0.3 is 0 Å². The molecule has 0 radical (unpaired) electrons. The minimum Gasteiger partial charge on any atom is -0.386 e. The van der Waals surface area contributed by atoms with Crippen molar-refractivity contribution in [2.45, 2.75) is 38.0 Å². The number of benzene rings is 2. The molecule has 0 saturated heterocycles. The summed E-state index contributed by atoms with van der Waals surface area (Å²) in [5.41, 5.74) is 4.84. The Bertz CT molecular complexity index is 1450. The summed E-state index contributed by atoms with van der Waals surface area (Å²) in [6.07, 6.45) is 6.39. The van der Waals surface area contributed by atoms with Gasteiger partial charge in [0, 0.05) is 41.4 Å². The number of hydrogen-bond acceptors (Lipinski definition) is 5. The SMILES string of the molecule is CC(C)(O)c1cncc(-c2cccc(-c3cc(C(C)(C)S(C)(=O)=O)c4ncccc4c3)c2)c1. The van der Waals surface area contributed by atoms with Crippen LogP contribution in [-0.2, 0) is 20.2 Å². The third-order valence-electron chi connectivity index (χ3n) is 6.25. The van der Waals surface area contributed by atoms with Gasteiger partial charge in [-0.1, -0.05) is 24.3 Å². The van der Waals surface area contributed by atoms with Crippen LogP contribution >= 0.6 is 0 Å². The first-order valence-electron chi connectivity index (χ1n) is 10.8. The summed E-state index contributed by atoms with van der Waals surface area (Å²) in [7, 11) is -3.39. The second-order valence-corrected chi connectivity index (χ2v) is 12.0. The van der Waals surface area contributed by atoms with Crippen LogP contribution in [0.1, 0.15) is 38.8 Å². The van der Waals surface area contributed by atoms with Crippen LogP contribution in [0, 0.1) is 0 Å². The van der Waals surface area contributed by atoms with E-state index in [-0.39, 0.29) is 0 Å². The maximum atomic E-state index is 12.6. The van der Waals surface area contributed by atoms with Crippen molar-refractivity contribution in [1.29, 1.82) is 0 Å². The normalized spacial score (nSPS) is 12.8. The second kappa shape index (κ2) is 8.04. The lowest BCUT2D eigenvalue weighted by atomic mass is 9.91. The van der Waals surface area contributed by atoms with Crippen molar-refractivity contribution in [3.8, 4) is 22.3 Å². The van der Waals surface area contributed by atoms with Crippen molar-refractivity contribution in [2.75, 3.05) is 6.26 Å². The highest BCUT2D eigenvalue weighted by Gasteiger charge is 2.34. The number of fused-ring (bicyclic) bond motifs is 1. The van der Waals surface area contributed by atoms with Crippen LogP contribution in [0.4, 0.5) is 0 Å². The maximum absolute atomic E-state index is 12.6. The molecule has 4 rings (SSSR count). The van der Waals surface area contributed by atoms with Gasteiger partial charge in [0.05, 0.1) is 15.9 Å². The van der Waals surface area contributed by atoms with Gasteiger partial charge in [-0.3, -0.25) is 9.97 Å². The van der Waals surface area contributed by atoms with Gasteiger partial charge in [-0.2, -0.15) is 0 Å². The molecule has 1 N–H and O–H groups in total. The monoisotopic (exact) mass is 460 g/mol. The van der Waals surface area contributed by atoms with Crippen LogP contribution in [0.3, 0.4) is 0 Å². The molecule has 0 spiro atoms. The van der Waals surface area contributed by atoms with Gasteiger partial charge in [0.15, 0.2) is 9.84 Å². The molecule has 0 atom stereocenters. The van der Waals surface area contributed by atoms with Crippen LogP contribution in [0.2, 0.25) is 0 Å². The van der Waals surface area contributed by atoms with E-state index in [2.05, 4.69) is 16.0 Å². The summed E-state index contributed by atoms with van der Waals surface area (Å²) in [5.74, 6) is 0. The summed E-state index contributed by atoms with van der Waals surface area (Å²) in [4.78, 5) is 8.81. The molecule has 0 bridgehead atoms. The molecule has 2 aromatic carbocycles. The molecule has 0 unspecified atom stereocenters. The Morgan fingerprint density at radius 3 is 2.18 bits per heavy atom. The number of pyridine rings is 2. The van der Waals surface area contributed by atoms with E-state index in [1.165, 1.54) is 6.26 Å². The zero-order valence-electron chi connectivity index (χ0n) is 19.5. The fourth-order valence-electron chi connectivity index (χ4n) is 3.83. The number of aromatic nitrogens is 2. The largest absolute Gasteiger partial charge is 0.386 e. The Morgan fingerprint density at radius 1 is 0.818 bits per heavy atom. The molecule has 6 heteroatoms. The fourth-order valence-corrected chi connectivity index (χ4v) is 4.38. The van der Waals surface area contributed by atoms with Crippen molar-refractivity contribution < 1.29 is 13.5 Å². The van der Waals surface area contributed by atoms with Gasteiger partial charge in [0.2, 0.25) is 0 Å². The van der Waals surface area contributed by atoms with E-state index < -0.39 is 20.2 Å². The molecule has 0 fully saturated rings. The topological polar surface area (TPSA) is 80.2 Å². The number of hydrogen-bond donors (Lipinski definition) is 1. The molecular formula is C27H28N2O3S. The Morgan fingerprint density at radius 2 is 1.52 bits per heavy atom. The molecule has 2 aromatic heterocycles. The quantitative estimate of drug-likeness (QED) is 0.427. The zero-order valence-corrected chi connectivity index (χ0v) is 20.3. The van der Waals surface area contributed by atoms with Crippen LogP contribution in [-0.4, -0.2) is 29.7 Å². The zero-order chi connectivity index (χ0) is 24.0. The second-order valence-electron chi connectivity index (χ2n) is 9.48. The molecule has 170 valence electrons. The number of aliphatic hydroxyl groups is 1. The maximum Gasteiger partial charge on any atom is 0.156 e. The third kappa shape index (κ3) is 4.41. The minimum atomic E-state index is -3.39. The van der Waals surface area contributed by atoms with Crippen molar-refractivity contribution in [2.24, 2.45) is 0 Å². The van der Waals surface area contributed by atoms with Gasteiger partial charge in [-0.05, 0) is 80.3 Å². The van der Waals surface area contributed by atoms with Crippen molar-refractivity contribution in [1.82, 2.24) is 9.97 Å². The third-order valence-corrected chi connectivity index (χ3v) is 8.33. The average molecular weight is 461 g/mol. The first kappa shape index (κ1) is 23.1. The van der Waals surface area contributed by atoms with Crippen LogP contribution in [0.25, 0.3) is 33.2 Å². The van der Waals surface area contributed by atoms with Crippen LogP contribution in [0.5, 0.6) is 0 Å². The predicted molar refractivity (Wildman–Crippen MR) is 134 cm³/mol. The van der Waals surface area contributed by atoms with E-state index >= 15 is 0 Å². The molecule has 0 aliphatic carbocycles.